The summed E-state index contributed by atoms with van der Waals surface area (Å²) in [7, 11) is 1.52. The van der Waals surface area contributed by atoms with Gasteiger partial charge in [0.05, 0.1) is 7.11 Å². The number of hydrogen-bond donors (Lipinski definition) is 1. The Hall–Kier alpha value is -3.75. The number of nitrogens with zero attached hydrogens (tertiary/aromatic N) is 3. The number of benzene rings is 2. The largest absolute Gasteiger partial charge is 0.494 e. The van der Waals surface area contributed by atoms with Gasteiger partial charge in [0.1, 0.15) is 34.9 Å². The zero-order valence-electron chi connectivity index (χ0n) is 16.2. The predicted molar refractivity (Wildman–Crippen MR) is 108 cm³/mol. The average molecular weight is 428 g/mol. The molecule has 0 aliphatic heterocycles. The fourth-order valence-electron chi connectivity index (χ4n) is 3.12. The van der Waals surface area contributed by atoms with Gasteiger partial charge in [0.2, 0.25) is 0 Å². The van der Waals surface area contributed by atoms with E-state index in [0.717, 1.165) is 17.2 Å². The molecule has 2 heterocycles. The van der Waals surface area contributed by atoms with Gasteiger partial charge in [0.25, 0.3) is 0 Å². The minimum atomic E-state index is -4.48. The molecule has 2 aromatic carbocycles. The van der Waals surface area contributed by atoms with Crippen LogP contribution in [0.2, 0.25) is 0 Å². The van der Waals surface area contributed by atoms with Crippen molar-refractivity contribution < 1.29 is 22.3 Å². The molecule has 1 N–H and O–H groups in total. The first-order valence-corrected chi connectivity index (χ1v) is 9.20. The number of anilines is 1. The van der Waals surface area contributed by atoms with Crippen molar-refractivity contribution >= 4 is 16.7 Å². The molecule has 2 aromatic heterocycles. The van der Waals surface area contributed by atoms with Gasteiger partial charge in [0.15, 0.2) is 0 Å². The lowest BCUT2D eigenvalue weighted by molar-refractivity contribution is -0.141. The minimum absolute atomic E-state index is 0.209. The first-order chi connectivity index (χ1) is 14.8. The van der Waals surface area contributed by atoms with Gasteiger partial charge in [-0.2, -0.15) is 13.2 Å². The number of fused-ring (bicyclic) bond motifs is 1. The van der Waals surface area contributed by atoms with Crippen molar-refractivity contribution in [1.82, 2.24) is 15.0 Å². The number of ether oxygens (including phenoxy) is 1. The van der Waals surface area contributed by atoms with Gasteiger partial charge >= 0.3 is 6.18 Å². The summed E-state index contributed by atoms with van der Waals surface area (Å²) in [6.07, 6.45) is -1.94. The van der Waals surface area contributed by atoms with Crippen LogP contribution in [0, 0.1) is 5.82 Å². The number of methoxy groups -OCH3 is 1. The Morgan fingerprint density at radius 3 is 2.35 bits per heavy atom. The topological polar surface area (TPSA) is 59.9 Å². The molecule has 0 amide bonds. The maximum absolute atomic E-state index is 13.3. The summed E-state index contributed by atoms with van der Waals surface area (Å²) in [6.45, 7) is 0.209. The summed E-state index contributed by atoms with van der Waals surface area (Å²) in [5.41, 5.74) is 1.73. The molecule has 0 aliphatic rings. The molecule has 4 rings (SSSR count). The Kier molecular flexibility index (Phi) is 5.41. The average Bonchev–Trinajstić information content (AvgIpc) is 2.77. The van der Waals surface area contributed by atoms with Gasteiger partial charge in [0, 0.05) is 18.1 Å². The molecule has 0 atom stereocenters. The minimum Gasteiger partial charge on any atom is -0.494 e. The summed E-state index contributed by atoms with van der Waals surface area (Å²) in [4.78, 5) is 12.0. The number of halogens is 4. The molecule has 5 nitrogen and oxygen atoms in total. The van der Waals surface area contributed by atoms with Crippen LogP contribution >= 0.6 is 0 Å². The van der Waals surface area contributed by atoms with Crippen molar-refractivity contribution in [3.8, 4) is 16.9 Å². The highest BCUT2D eigenvalue weighted by molar-refractivity contribution is 5.96. The molecule has 0 unspecified atom stereocenters. The molecule has 0 spiro atoms. The van der Waals surface area contributed by atoms with Gasteiger partial charge in [-0.25, -0.2) is 14.4 Å². The van der Waals surface area contributed by atoms with E-state index in [1.54, 1.807) is 18.2 Å². The van der Waals surface area contributed by atoms with E-state index < -0.39 is 11.9 Å². The monoisotopic (exact) mass is 428 g/mol. The number of alkyl halides is 3. The maximum Gasteiger partial charge on any atom is 0.433 e. The van der Waals surface area contributed by atoms with Crippen LogP contribution in [0.3, 0.4) is 0 Å². The van der Waals surface area contributed by atoms with Gasteiger partial charge in [-0.1, -0.05) is 18.2 Å². The van der Waals surface area contributed by atoms with Crippen LogP contribution in [-0.2, 0) is 12.7 Å². The van der Waals surface area contributed by atoms with Crippen molar-refractivity contribution in [2.75, 3.05) is 12.4 Å². The number of rotatable bonds is 5. The Bertz CT molecular complexity index is 1210. The van der Waals surface area contributed by atoms with Crippen molar-refractivity contribution in [2.24, 2.45) is 0 Å². The molecule has 4 aromatic rings. The van der Waals surface area contributed by atoms with E-state index in [1.807, 2.05) is 6.07 Å². The molecule has 0 radical (unpaired) electrons. The summed E-state index contributed by atoms with van der Waals surface area (Å²) >= 11 is 0. The van der Waals surface area contributed by atoms with Crippen LogP contribution in [0.1, 0.15) is 11.3 Å². The molecule has 0 saturated carbocycles. The van der Waals surface area contributed by atoms with Crippen LogP contribution in [0.4, 0.5) is 23.4 Å². The molecule has 158 valence electrons. The van der Waals surface area contributed by atoms with Gasteiger partial charge in [-0.3, -0.25) is 4.98 Å². The van der Waals surface area contributed by atoms with Crippen molar-refractivity contribution in [2.45, 2.75) is 12.7 Å². The molecule has 0 bridgehead atoms. The van der Waals surface area contributed by atoms with Crippen LogP contribution in [-0.4, -0.2) is 22.1 Å². The first-order valence-electron chi connectivity index (χ1n) is 9.20. The second-order valence-electron chi connectivity index (χ2n) is 6.71. The SMILES string of the molecule is COc1cc(-c2ccc(F)cc2)cc2c(NCc3ccc(C(F)(F)F)nc3)ncnc12. The fourth-order valence-corrected chi connectivity index (χ4v) is 3.12. The lowest BCUT2D eigenvalue weighted by Crippen LogP contribution is -2.09. The Morgan fingerprint density at radius 2 is 1.71 bits per heavy atom. The molecule has 0 saturated heterocycles. The molecular weight excluding hydrogens is 412 g/mol. The van der Waals surface area contributed by atoms with Gasteiger partial charge in [-0.05, 0) is 47.0 Å². The van der Waals surface area contributed by atoms with Crippen molar-refractivity contribution in [3.05, 3.63) is 78.1 Å². The summed E-state index contributed by atoms with van der Waals surface area (Å²) in [5.74, 6) is 0.651. The first kappa shape index (κ1) is 20.5. The molecule has 9 heteroatoms. The Morgan fingerprint density at radius 1 is 0.935 bits per heavy atom. The van der Waals surface area contributed by atoms with E-state index in [9.17, 15) is 17.6 Å². The second-order valence-corrected chi connectivity index (χ2v) is 6.71. The van der Waals surface area contributed by atoms with Crippen LogP contribution in [0.15, 0.2) is 61.1 Å². The number of nitrogens with one attached hydrogen (secondary N) is 1. The molecule has 0 aliphatic carbocycles. The van der Waals surface area contributed by atoms with E-state index in [1.165, 1.54) is 37.8 Å². The third-order valence-corrected chi connectivity index (χ3v) is 4.68. The van der Waals surface area contributed by atoms with E-state index in [-0.39, 0.29) is 12.4 Å². The lowest BCUT2D eigenvalue weighted by atomic mass is 10.0. The lowest BCUT2D eigenvalue weighted by Gasteiger charge is -2.13. The smallest absolute Gasteiger partial charge is 0.433 e. The van der Waals surface area contributed by atoms with E-state index in [4.69, 9.17) is 4.74 Å². The second kappa shape index (κ2) is 8.17. The Labute approximate surface area is 174 Å². The number of hydrogen-bond acceptors (Lipinski definition) is 5. The van der Waals surface area contributed by atoms with Crippen molar-refractivity contribution in [3.63, 3.8) is 0 Å². The normalized spacial score (nSPS) is 11.5. The van der Waals surface area contributed by atoms with E-state index >= 15 is 0 Å². The zero-order chi connectivity index (χ0) is 22.0. The Balaban J connectivity index is 1.67. The molecule has 31 heavy (non-hydrogen) atoms. The highest BCUT2D eigenvalue weighted by atomic mass is 19.4. The predicted octanol–water partition coefficient (Wildman–Crippen LogP) is 5.47. The molecular formula is C22H16F4N4O. The standard InChI is InChI=1S/C22H16F4N4O/c1-31-18-9-15(14-3-5-16(23)6-4-14)8-17-20(18)29-12-30-21(17)28-11-13-2-7-19(27-10-13)22(24,25)26/h2-10,12H,11H2,1H3,(H,28,29,30). The van der Waals surface area contributed by atoms with Crippen molar-refractivity contribution in [1.29, 1.82) is 0 Å². The summed E-state index contributed by atoms with van der Waals surface area (Å²) in [6, 6.07) is 12.0. The van der Waals surface area contributed by atoms with Gasteiger partial charge < -0.3 is 10.1 Å². The molecule has 0 fully saturated rings. The third-order valence-electron chi connectivity index (χ3n) is 4.68. The number of aromatic nitrogens is 3. The third kappa shape index (κ3) is 4.40. The highest BCUT2D eigenvalue weighted by Crippen LogP contribution is 2.34. The number of pyridine rings is 1. The fraction of sp³-hybridized carbons (Fsp3) is 0.136. The van der Waals surface area contributed by atoms with E-state index in [2.05, 4.69) is 20.3 Å². The highest BCUT2D eigenvalue weighted by Gasteiger charge is 2.31. The maximum atomic E-state index is 13.3. The van der Waals surface area contributed by atoms with E-state index in [0.29, 0.717) is 28.0 Å². The summed E-state index contributed by atoms with van der Waals surface area (Å²) in [5, 5.41) is 3.77. The quantitative estimate of drug-likeness (QED) is 0.427. The van der Waals surface area contributed by atoms with Crippen LogP contribution in [0.25, 0.3) is 22.0 Å². The summed E-state index contributed by atoms with van der Waals surface area (Å²) < 4.78 is 56.8. The van der Waals surface area contributed by atoms with Crippen LogP contribution < -0.4 is 10.1 Å². The van der Waals surface area contributed by atoms with Gasteiger partial charge in [-0.15, -0.1) is 0 Å². The zero-order valence-corrected chi connectivity index (χ0v) is 16.2. The van der Waals surface area contributed by atoms with Crippen LogP contribution in [0.5, 0.6) is 5.75 Å².